The number of hydrogen-bond donors (Lipinski definition) is 1. The molecule has 13 heavy (non-hydrogen) atoms. The van der Waals surface area contributed by atoms with E-state index in [1.165, 1.54) is 44.9 Å². The van der Waals surface area contributed by atoms with Gasteiger partial charge in [-0.05, 0) is 31.1 Å². The van der Waals surface area contributed by atoms with E-state index in [0.717, 1.165) is 6.42 Å². The van der Waals surface area contributed by atoms with E-state index < -0.39 is 0 Å². The Morgan fingerprint density at radius 3 is 1.92 bits per heavy atom. The van der Waals surface area contributed by atoms with Gasteiger partial charge in [0.2, 0.25) is 0 Å². The minimum atomic E-state index is -0.239. The van der Waals surface area contributed by atoms with Gasteiger partial charge >= 0.3 is 0 Å². The van der Waals surface area contributed by atoms with Crippen LogP contribution in [0.25, 0.3) is 0 Å². The van der Waals surface area contributed by atoms with Gasteiger partial charge < -0.3 is 5.11 Å². The van der Waals surface area contributed by atoms with Crippen LogP contribution in [-0.4, -0.2) is 10.7 Å². The van der Waals surface area contributed by atoms with E-state index in [-0.39, 0.29) is 5.60 Å². The van der Waals surface area contributed by atoms with Crippen LogP contribution in [0.3, 0.4) is 0 Å². The van der Waals surface area contributed by atoms with Gasteiger partial charge in [0.15, 0.2) is 0 Å². The van der Waals surface area contributed by atoms with Crippen molar-refractivity contribution in [2.45, 2.75) is 63.9 Å². The van der Waals surface area contributed by atoms with Crippen LogP contribution in [0.4, 0.5) is 0 Å². The van der Waals surface area contributed by atoms with Crippen LogP contribution in [0.2, 0.25) is 0 Å². The molecule has 1 heteroatoms. The zero-order valence-corrected chi connectivity index (χ0v) is 8.76. The second-order valence-electron chi connectivity index (χ2n) is 5.14. The Morgan fingerprint density at radius 2 is 1.46 bits per heavy atom. The summed E-state index contributed by atoms with van der Waals surface area (Å²) in [4.78, 5) is 0. The van der Waals surface area contributed by atoms with Gasteiger partial charge in [-0.15, -0.1) is 0 Å². The van der Waals surface area contributed by atoms with Crippen molar-refractivity contribution in [2.75, 3.05) is 0 Å². The molecule has 0 amide bonds. The Bertz CT molecular complexity index is 170. The van der Waals surface area contributed by atoms with E-state index in [9.17, 15) is 5.11 Å². The Morgan fingerprint density at radius 1 is 1.00 bits per heavy atom. The predicted molar refractivity (Wildman–Crippen MR) is 54.5 cm³/mol. The van der Waals surface area contributed by atoms with Gasteiger partial charge in [-0.1, -0.05) is 39.0 Å². The summed E-state index contributed by atoms with van der Waals surface area (Å²) in [7, 11) is 0. The molecule has 0 aromatic rings. The highest BCUT2D eigenvalue weighted by atomic mass is 16.3. The van der Waals surface area contributed by atoms with Crippen molar-refractivity contribution in [2.24, 2.45) is 11.8 Å². The van der Waals surface area contributed by atoms with Gasteiger partial charge in [-0.2, -0.15) is 0 Å². The van der Waals surface area contributed by atoms with Crippen LogP contribution < -0.4 is 0 Å². The second-order valence-corrected chi connectivity index (χ2v) is 5.14. The molecule has 0 heterocycles. The zero-order chi connectivity index (χ0) is 9.31. The maximum Gasteiger partial charge on any atom is 0.0705 e. The van der Waals surface area contributed by atoms with E-state index in [1.54, 1.807) is 0 Å². The lowest BCUT2D eigenvalue weighted by molar-refractivity contribution is 0.0533. The molecule has 0 aromatic heterocycles. The molecule has 0 radical (unpaired) electrons. The Hall–Kier alpha value is -0.0400. The first kappa shape index (κ1) is 9.51. The lowest BCUT2D eigenvalue weighted by Crippen LogP contribution is -2.25. The summed E-state index contributed by atoms with van der Waals surface area (Å²) in [5, 5.41) is 10.2. The molecule has 2 aliphatic carbocycles. The minimum absolute atomic E-state index is 0.239. The van der Waals surface area contributed by atoms with Crippen LogP contribution in [-0.2, 0) is 0 Å². The van der Waals surface area contributed by atoms with Crippen molar-refractivity contribution in [1.29, 1.82) is 0 Å². The van der Waals surface area contributed by atoms with Crippen LogP contribution in [0.5, 0.6) is 0 Å². The molecule has 2 fully saturated rings. The van der Waals surface area contributed by atoms with E-state index in [1.807, 2.05) is 0 Å². The summed E-state index contributed by atoms with van der Waals surface area (Å²) in [6.45, 7) is 2.19. The molecular formula is C12H22O. The van der Waals surface area contributed by atoms with Crippen LogP contribution in [0.15, 0.2) is 0 Å². The highest BCUT2D eigenvalue weighted by Crippen LogP contribution is 2.52. The lowest BCUT2D eigenvalue weighted by Gasteiger charge is -2.25. The van der Waals surface area contributed by atoms with Crippen LogP contribution in [0.1, 0.15) is 58.3 Å². The molecule has 0 aliphatic heterocycles. The van der Waals surface area contributed by atoms with Crippen molar-refractivity contribution in [3.8, 4) is 0 Å². The van der Waals surface area contributed by atoms with Crippen molar-refractivity contribution in [3.63, 3.8) is 0 Å². The van der Waals surface area contributed by atoms with Gasteiger partial charge in [0.25, 0.3) is 0 Å². The number of aliphatic hydroxyl groups is 1. The zero-order valence-electron chi connectivity index (χ0n) is 8.76. The third-order valence-corrected chi connectivity index (χ3v) is 4.14. The molecule has 0 spiro atoms. The monoisotopic (exact) mass is 182 g/mol. The van der Waals surface area contributed by atoms with Crippen LogP contribution in [0, 0.1) is 11.8 Å². The fourth-order valence-electron chi connectivity index (χ4n) is 2.96. The smallest absolute Gasteiger partial charge is 0.0705 e. The molecule has 2 rings (SSSR count). The predicted octanol–water partition coefficient (Wildman–Crippen LogP) is 3.12. The summed E-state index contributed by atoms with van der Waals surface area (Å²) >= 11 is 0. The van der Waals surface area contributed by atoms with E-state index in [4.69, 9.17) is 0 Å². The first-order valence-corrected chi connectivity index (χ1v) is 5.96. The molecule has 2 aliphatic rings. The summed E-state index contributed by atoms with van der Waals surface area (Å²) in [6, 6.07) is 0. The Kier molecular flexibility index (Phi) is 2.64. The highest BCUT2D eigenvalue weighted by Gasteiger charge is 2.54. The quantitative estimate of drug-likeness (QED) is 0.660. The van der Waals surface area contributed by atoms with E-state index in [0.29, 0.717) is 11.8 Å². The molecule has 0 bridgehead atoms. The fraction of sp³-hybridized carbons (Fsp3) is 1.00. The largest absolute Gasteiger partial charge is 0.389 e. The third-order valence-electron chi connectivity index (χ3n) is 4.14. The summed E-state index contributed by atoms with van der Waals surface area (Å²) in [6.07, 6.45) is 10.5. The number of hydrogen-bond acceptors (Lipinski definition) is 1. The first-order valence-electron chi connectivity index (χ1n) is 5.96. The summed E-state index contributed by atoms with van der Waals surface area (Å²) in [5.41, 5.74) is -0.239. The van der Waals surface area contributed by atoms with Gasteiger partial charge in [0, 0.05) is 0 Å². The average molecular weight is 182 g/mol. The molecule has 2 atom stereocenters. The molecular weight excluding hydrogens is 160 g/mol. The van der Waals surface area contributed by atoms with Gasteiger partial charge in [-0.25, -0.2) is 0 Å². The van der Waals surface area contributed by atoms with E-state index >= 15 is 0 Å². The minimum Gasteiger partial charge on any atom is -0.389 e. The highest BCUT2D eigenvalue weighted by molar-refractivity contribution is 5.05. The van der Waals surface area contributed by atoms with Crippen molar-refractivity contribution >= 4 is 0 Å². The van der Waals surface area contributed by atoms with Gasteiger partial charge in [-0.3, -0.25) is 0 Å². The number of rotatable bonds is 1. The van der Waals surface area contributed by atoms with Gasteiger partial charge in [0.05, 0.1) is 5.60 Å². The molecule has 0 saturated heterocycles. The van der Waals surface area contributed by atoms with Gasteiger partial charge in [0.1, 0.15) is 0 Å². The molecule has 1 N–H and O–H groups in total. The maximum atomic E-state index is 10.2. The fourth-order valence-corrected chi connectivity index (χ4v) is 2.96. The SMILES string of the molecule is CC1CC1(O)C1CCCCCCC1. The lowest BCUT2D eigenvalue weighted by atomic mass is 9.85. The molecule has 2 saturated carbocycles. The van der Waals surface area contributed by atoms with Crippen molar-refractivity contribution in [3.05, 3.63) is 0 Å². The van der Waals surface area contributed by atoms with E-state index in [2.05, 4.69) is 6.92 Å². The van der Waals surface area contributed by atoms with Crippen LogP contribution >= 0.6 is 0 Å². The third kappa shape index (κ3) is 1.90. The van der Waals surface area contributed by atoms with Crippen molar-refractivity contribution < 1.29 is 5.11 Å². The molecule has 1 nitrogen and oxygen atoms in total. The topological polar surface area (TPSA) is 20.2 Å². The molecule has 0 aromatic carbocycles. The summed E-state index contributed by atoms with van der Waals surface area (Å²) in [5.74, 6) is 1.21. The Labute approximate surface area is 81.5 Å². The summed E-state index contributed by atoms with van der Waals surface area (Å²) < 4.78 is 0. The average Bonchev–Trinajstić information content (AvgIpc) is 2.58. The second kappa shape index (κ2) is 3.61. The normalized spacial score (nSPS) is 42.5. The standard InChI is InChI=1S/C12H22O/c1-10-9-12(10,13)11-7-5-3-2-4-6-8-11/h10-11,13H,2-9H2,1H3. The van der Waals surface area contributed by atoms with Crippen molar-refractivity contribution in [1.82, 2.24) is 0 Å². The Balaban J connectivity index is 1.89. The molecule has 76 valence electrons. The first-order chi connectivity index (χ1) is 6.23. The maximum absolute atomic E-state index is 10.2. The molecule has 2 unspecified atom stereocenters.